The summed E-state index contributed by atoms with van der Waals surface area (Å²) < 4.78 is 37.5. The Morgan fingerprint density at radius 1 is 1.42 bits per heavy atom. The molecule has 0 bridgehead atoms. The van der Waals surface area contributed by atoms with Crippen LogP contribution in [-0.4, -0.2) is 52.5 Å². The van der Waals surface area contributed by atoms with Gasteiger partial charge >= 0.3 is 0 Å². The highest BCUT2D eigenvalue weighted by Gasteiger charge is 2.75. The molecule has 0 aromatic rings. The number of rotatable bonds is 4. The molecule has 6 heteroatoms. The second kappa shape index (κ2) is 7.08. The van der Waals surface area contributed by atoms with E-state index in [1.807, 2.05) is 20.8 Å². The van der Waals surface area contributed by atoms with Crippen molar-refractivity contribution in [1.29, 1.82) is 0 Å². The lowest BCUT2D eigenvalue weighted by Gasteiger charge is -2.59. The van der Waals surface area contributed by atoms with Gasteiger partial charge < -0.3 is 19.7 Å². The first-order valence-electron chi connectivity index (χ1n) is 13.0. The van der Waals surface area contributed by atoms with Gasteiger partial charge in [0.05, 0.1) is 16.3 Å². The van der Waals surface area contributed by atoms with Gasteiger partial charge in [0.2, 0.25) is 0 Å². The maximum Gasteiger partial charge on any atom is 0.193 e. The van der Waals surface area contributed by atoms with E-state index in [9.17, 15) is 19.8 Å². The highest BCUT2D eigenvalue weighted by molar-refractivity contribution is 6.01. The van der Waals surface area contributed by atoms with Crippen molar-refractivity contribution in [3.63, 3.8) is 0 Å². The summed E-state index contributed by atoms with van der Waals surface area (Å²) in [5, 5.41) is 21.5. The van der Waals surface area contributed by atoms with Crippen molar-refractivity contribution in [2.24, 2.45) is 28.6 Å². The summed E-state index contributed by atoms with van der Waals surface area (Å²) in [5.74, 6) is -1.54. The van der Waals surface area contributed by atoms with E-state index in [2.05, 4.69) is 0 Å². The van der Waals surface area contributed by atoms with Crippen LogP contribution in [-0.2, 0) is 19.1 Å². The van der Waals surface area contributed by atoms with Crippen LogP contribution in [0, 0.1) is 28.6 Å². The number of ether oxygens (including phenoxy) is 2. The van der Waals surface area contributed by atoms with Crippen molar-refractivity contribution >= 4 is 11.6 Å². The molecule has 0 spiro atoms. The van der Waals surface area contributed by atoms with Crippen LogP contribution >= 0.6 is 0 Å². The SMILES string of the molecule is [2H]C1=C[C@@]2(C)C(=C([2H])C1=O)CC[C@@H]1[C@@H]2[C@@H](O)C[C@@]2(C)[C@H]1C[C@H]1OC([2H])(CCC)O[C@]12C(=O)CO. The van der Waals surface area contributed by atoms with Crippen LogP contribution < -0.4 is 0 Å². The van der Waals surface area contributed by atoms with Crippen molar-refractivity contribution in [3.8, 4) is 0 Å². The summed E-state index contributed by atoms with van der Waals surface area (Å²) >= 11 is 0. The van der Waals surface area contributed by atoms with Crippen LogP contribution in [0.5, 0.6) is 0 Å². The topological polar surface area (TPSA) is 93.1 Å². The number of Topliss-reactive ketones (excluding diaryl/α,β-unsaturated/α-hetero) is 1. The van der Waals surface area contributed by atoms with Crippen molar-refractivity contribution in [1.82, 2.24) is 0 Å². The summed E-state index contributed by atoms with van der Waals surface area (Å²) in [7, 11) is 0. The van der Waals surface area contributed by atoms with Gasteiger partial charge in [0, 0.05) is 16.7 Å². The Kier molecular flexibility index (Phi) is 4.14. The maximum absolute atomic E-state index is 13.3. The third kappa shape index (κ3) is 2.65. The Hall–Kier alpha value is -1.34. The van der Waals surface area contributed by atoms with Crippen molar-refractivity contribution < 1.29 is 33.4 Å². The minimum atomic E-state index is -1.67. The Labute approximate surface area is 187 Å². The van der Waals surface area contributed by atoms with E-state index in [0.29, 0.717) is 37.7 Å². The van der Waals surface area contributed by atoms with E-state index in [0.717, 1.165) is 0 Å². The molecule has 31 heavy (non-hydrogen) atoms. The summed E-state index contributed by atoms with van der Waals surface area (Å²) in [4.78, 5) is 25.6. The van der Waals surface area contributed by atoms with E-state index < -0.39 is 53.1 Å². The molecule has 1 unspecified atom stereocenters. The van der Waals surface area contributed by atoms with E-state index >= 15 is 0 Å². The molecule has 3 saturated carbocycles. The van der Waals surface area contributed by atoms with Crippen LogP contribution in [0.2, 0.25) is 0 Å². The quantitative estimate of drug-likeness (QED) is 0.708. The van der Waals surface area contributed by atoms with Crippen LogP contribution in [0.4, 0.5) is 0 Å². The number of fused-ring (bicyclic) bond motifs is 7. The van der Waals surface area contributed by atoms with Gasteiger partial charge in [-0.3, -0.25) is 9.59 Å². The second-order valence-electron chi connectivity index (χ2n) is 10.4. The number of hydrogen-bond acceptors (Lipinski definition) is 6. The largest absolute Gasteiger partial charge is 0.393 e. The Morgan fingerprint density at radius 2 is 2.19 bits per heavy atom. The molecule has 1 aliphatic heterocycles. The van der Waals surface area contributed by atoms with Gasteiger partial charge in [0.15, 0.2) is 23.4 Å². The lowest BCUT2D eigenvalue weighted by atomic mass is 9.46. The molecular formula is C25H34O6. The zero-order chi connectivity index (χ0) is 24.8. The third-order valence-electron chi connectivity index (χ3n) is 9.01. The molecule has 4 aliphatic carbocycles. The number of aliphatic hydroxyl groups excluding tert-OH is 2. The number of ketones is 2. The molecule has 0 radical (unpaired) electrons. The average Bonchev–Trinajstić information content (AvgIpc) is 3.18. The van der Waals surface area contributed by atoms with Gasteiger partial charge in [0.25, 0.3) is 0 Å². The summed E-state index contributed by atoms with van der Waals surface area (Å²) in [5.41, 5.74) is -2.47. The molecule has 0 aromatic carbocycles. The number of carbonyl (C=O) groups is 2. The Bertz CT molecular complexity index is 1010. The van der Waals surface area contributed by atoms with Crippen molar-refractivity contribution in [2.75, 3.05) is 6.61 Å². The minimum Gasteiger partial charge on any atom is -0.393 e. The fourth-order valence-corrected chi connectivity index (χ4v) is 7.79. The lowest BCUT2D eigenvalue weighted by molar-refractivity contribution is -0.200. The highest BCUT2D eigenvalue weighted by atomic mass is 16.7. The van der Waals surface area contributed by atoms with E-state index in [1.165, 1.54) is 0 Å². The van der Waals surface area contributed by atoms with Crippen LogP contribution in [0.15, 0.2) is 23.8 Å². The van der Waals surface area contributed by atoms with E-state index in [-0.39, 0.29) is 36.3 Å². The molecule has 0 amide bonds. The Balaban J connectivity index is 1.59. The number of aliphatic hydroxyl groups is 2. The van der Waals surface area contributed by atoms with Crippen molar-refractivity contribution in [3.05, 3.63) is 23.8 Å². The molecule has 1 saturated heterocycles. The van der Waals surface area contributed by atoms with E-state index in [1.54, 1.807) is 6.08 Å². The molecule has 170 valence electrons. The highest BCUT2D eigenvalue weighted by Crippen LogP contribution is 2.69. The van der Waals surface area contributed by atoms with Gasteiger partial charge in [-0.25, -0.2) is 0 Å². The summed E-state index contributed by atoms with van der Waals surface area (Å²) in [6.07, 6.45) is 1.13. The van der Waals surface area contributed by atoms with Gasteiger partial charge in [-0.15, -0.1) is 0 Å². The Morgan fingerprint density at radius 3 is 2.90 bits per heavy atom. The molecule has 2 N–H and O–H groups in total. The molecule has 1 heterocycles. The minimum absolute atomic E-state index is 0.0555. The predicted molar refractivity (Wildman–Crippen MR) is 113 cm³/mol. The first-order chi connectivity index (χ1) is 15.9. The maximum atomic E-state index is 13.3. The van der Waals surface area contributed by atoms with Gasteiger partial charge in [0.1, 0.15) is 6.61 Å². The third-order valence-corrected chi connectivity index (χ3v) is 9.01. The molecule has 6 nitrogen and oxygen atoms in total. The molecule has 5 aliphatic rings. The molecule has 5 rings (SSSR count). The fraction of sp³-hybridized carbons (Fsp3) is 0.760. The smallest absolute Gasteiger partial charge is 0.193 e. The molecule has 9 atom stereocenters. The summed E-state index contributed by atoms with van der Waals surface area (Å²) in [6.45, 7) is 5.02. The van der Waals surface area contributed by atoms with Crippen LogP contribution in [0.3, 0.4) is 0 Å². The zero-order valence-corrected chi connectivity index (χ0v) is 18.4. The average molecular weight is 434 g/mol. The first-order valence-corrected chi connectivity index (χ1v) is 11.5. The predicted octanol–water partition coefficient (Wildman–Crippen LogP) is 2.72. The molecule has 0 aromatic heterocycles. The van der Waals surface area contributed by atoms with Gasteiger partial charge in [-0.05, 0) is 56.0 Å². The van der Waals surface area contributed by atoms with Crippen molar-refractivity contribution in [2.45, 2.75) is 83.4 Å². The first kappa shape index (κ1) is 18.1. The normalized spacial score (nSPS) is 54.7. The van der Waals surface area contributed by atoms with Crippen LogP contribution in [0.25, 0.3) is 0 Å². The standard InChI is InChI=1S/C25H34O6/c1-4-5-21-30-20-11-17-16-7-6-14-10-15(27)8-9-23(14,2)22(16)18(28)12-24(17,3)25(20,31-21)19(29)13-26/h8-10,16-18,20-22,26,28H,4-7,11-13H2,1-3H3/t16-,17-,18-,20+,21?,22+,23-,24-,25+/m0/s1/i8D,10D,21D. The lowest BCUT2D eigenvalue weighted by Crippen LogP contribution is -2.63. The van der Waals surface area contributed by atoms with Gasteiger partial charge in [-0.2, -0.15) is 0 Å². The monoisotopic (exact) mass is 433 g/mol. The van der Waals surface area contributed by atoms with Crippen LogP contribution in [0.1, 0.15) is 63.4 Å². The second-order valence-corrected chi connectivity index (χ2v) is 10.4. The molecular weight excluding hydrogens is 396 g/mol. The number of carbonyl (C=O) groups excluding carboxylic acids is 2. The zero-order valence-electron chi connectivity index (χ0n) is 21.4. The van der Waals surface area contributed by atoms with Gasteiger partial charge in [-0.1, -0.05) is 38.8 Å². The number of hydrogen-bond donors (Lipinski definition) is 2. The molecule has 4 fully saturated rings. The van der Waals surface area contributed by atoms with E-state index in [4.69, 9.17) is 13.6 Å². The fourth-order valence-electron chi connectivity index (χ4n) is 7.79. The number of allylic oxidation sites excluding steroid dienone is 4. The summed E-state index contributed by atoms with van der Waals surface area (Å²) in [6, 6.07) is -0.340.